The third-order valence-corrected chi connectivity index (χ3v) is 30.4. The summed E-state index contributed by atoms with van der Waals surface area (Å²) in [7, 11) is 0. The van der Waals surface area contributed by atoms with E-state index in [1.165, 1.54) is 141 Å². The first-order valence-corrected chi connectivity index (χ1v) is 39.3. The Hall–Kier alpha value is 1.26. The molecule has 0 unspecified atom stereocenters. The Bertz CT molecular complexity index is 849. The topological polar surface area (TPSA) is 0 Å². The molecule has 2 heterocycles. The van der Waals surface area contributed by atoms with Gasteiger partial charge in [0.25, 0.3) is 0 Å². The van der Waals surface area contributed by atoms with E-state index in [4.69, 9.17) is 0 Å². The van der Waals surface area contributed by atoms with Crippen LogP contribution in [-0.4, -0.2) is 36.8 Å². The molecule has 0 saturated carbocycles. The van der Waals surface area contributed by atoms with Gasteiger partial charge in [-0.2, -0.15) is 0 Å². The molecule has 0 saturated heterocycles. The summed E-state index contributed by atoms with van der Waals surface area (Å²) < 4.78 is 7.36. The molecule has 0 amide bonds. The Morgan fingerprint density at radius 3 is 0.875 bits per heavy atom. The summed E-state index contributed by atoms with van der Waals surface area (Å²) in [5, 5.41) is 0. The van der Waals surface area contributed by atoms with E-state index in [2.05, 4.69) is 66.2 Å². The number of aryl methyl sites for hydroxylation is 2. The molecule has 0 aliphatic rings. The minimum atomic E-state index is -2.15. The molecule has 0 aliphatic carbocycles. The summed E-state index contributed by atoms with van der Waals surface area (Å²) in [4.78, 5) is 16.0. The molecule has 0 nitrogen and oxygen atoms in total. The molecule has 40 heavy (non-hydrogen) atoms. The zero-order valence-corrected chi connectivity index (χ0v) is 35.7. The second-order valence-electron chi connectivity index (χ2n) is 14.8. The first-order chi connectivity index (χ1) is 19.1. The molecular weight excluding hydrogens is 734 g/mol. The molecular formula is C36H68S2Sn2. The van der Waals surface area contributed by atoms with Gasteiger partial charge < -0.3 is 0 Å². The molecule has 0 fully saturated rings. The van der Waals surface area contributed by atoms with Gasteiger partial charge >= 0.3 is 244 Å². The Labute approximate surface area is 268 Å². The summed E-state index contributed by atoms with van der Waals surface area (Å²) in [5.74, 6) is 0. The third kappa shape index (κ3) is 13.5. The molecule has 2 rings (SSSR count). The van der Waals surface area contributed by atoms with Crippen molar-refractivity contribution in [2.45, 2.75) is 185 Å². The van der Waals surface area contributed by atoms with Gasteiger partial charge in [0.15, 0.2) is 0 Å². The Morgan fingerprint density at radius 1 is 0.375 bits per heavy atom. The number of hydrogen-bond acceptors (Lipinski definition) is 2. The second-order valence-corrected chi connectivity index (χ2v) is 47.5. The van der Waals surface area contributed by atoms with Gasteiger partial charge in [0.1, 0.15) is 0 Å². The summed E-state index contributed by atoms with van der Waals surface area (Å²) >= 11 is 0.296. The van der Waals surface area contributed by atoms with Crippen molar-refractivity contribution >= 4 is 74.6 Å². The zero-order valence-electron chi connectivity index (χ0n) is 28.4. The van der Waals surface area contributed by atoms with Crippen molar-refractivity contribution in [3.05, 3.63) is 11.1 Å². The van der Waals surface area contributed by atoms with Crippen LogP contribution in [0, 0.1) is 0 Å². The average Bonchev–Trinajstić information content (AvgIpc) is 3.43. The maximum atomic E-state index is 2.66. The standard InChI is InChI=1S/C30H50S2.6CH3.2Sn/c1-3-5-7-9-11-13-15-17-19-21-23-27-25-31-30-28(26-32-29(27)30)24-22-20-18-16-14-12-10-8-6-4-2;;;;;;;;/h3-24H2,1-2H3;6*1H3;;. The molecule has 4 heteroatoms. The Morgan fingerprint density at radius 2 is 0.625 bits per heavy atom. The van der Waals surface area contributed by atoms with Crippen molar-refractivity contribution < 1.29 is 0 Å². The predicted octanol–water partition coefficient (Wildman–Crippen LogP) is 13.0. The summed E-state index contributed by atoms with van der Waals surface area (Å²) in [6, 6.07) is 0. The van der Waals surface area contributed by atoms with E-state index in [-0.39, 0.29) is 0 Å². The molecule has 232 valence electrons. The zero-order chi connectivity index (χ0) is 29.4. The van der Waals surface area contributed by atoms with Crippen molar-refractivity contribution in [1.29, 1.82) is 0 Å². The Kier molecular flexibility index (Phi) is 19.0. The SMILES string of the molecule is CCCCCCCCCCCCc1[c]([Sn]([CH3])([CH3])[CH3])sc2c(CCCCCCCCCCCC)[c]([Sn]([CH3])([CH3])[CH3])sc12. The van der Waals surface area contributed by atoms with E-state index in [1.807, 2.05) is 16.9 Å². The molecule has 0 bridgehead atoms. The number of rotatable bonds is 24. The maximum absolute atomic E-state index is 2.66. The normalized spacial score (nSPS) is 12.7. The van der Waals surface area contributed by atoms with E-state index in [0.717, 1.165) is 0 Å². The van der Waals surface area contributed by atoms with Crippen LogP contribution in [0.1, 0.15) is 153 Å². The summed E-state index contributed by atoms with van der Waals surface area (Å²) in [6.07, 6.45) is 31.5. The summed E-state index contributed by atoms with van der Waals surface area (Å²) in [6.45, 7) is 4.64. The van der Waals surface area contributed by atoms with E-state index in [1.54, 1.807) is 9.40 Å². The number of thiophene rings is 2. The number of unbranched alkanes of at least 4 members (excludes halogenated alkanes) is 18. The van der Waals surface area contributed by atoms with Crippen LogP contribution in [0.3, 0.4) is 0 Å². The van der Waals surface area contributed by atoms with Crippen LogP contribution in [0.4, 0.5) is 0 Å². The molecule has 0 aliphatic heterocycles. The van der Waals surface area contributed by atoms with Crippen LogP contribution in [-0.2, 0) is 12.8 Å². The van der Waals surface area contributed by atoms with Crippen LogP contribution in [0.2, 0.25) is 29.6 Å². The van der Waals surface area contributed by atoms with Gasteiger partial charge in [0.2, 0.25) is 0 Å². The van der Waals surface area contributed by atoms with Gasteiger partial charge in [-0.3, -0.25) is 0 Å². The van der Waals surface area contributed by atoms with Gasteiger partial charge in [-0.15, -0.1) is 0 Å². The van der Waals surface area contributed by atoms with Crippen molar-refractivity contribution in [3.63, 3.8) is 0 Å². The molecule has 0 spiro atoms. The van der Waals surface area contributed by atoms with E-state index < -0.39 is 36.8 Å². The predicted molar refractivity (Wildman–Crippen MR) is 197 cm³/mol. The monoisotopic (exact) mass is 804 g/mol. The van der Waals surface area contributed by atoms with Crippen LogP contribution >= 0.6 is 22.7 Å². The minimum absolute atomic E-state index is 1.36. The molecule has 2 aromatic heterocycles. The van der Waals surface area contributed by atoms with Gasteiger partial charge in [-0.25, -0.2) is 0 Å². The van der Waals surface area contributed by atoms with Crippen molar-refractivity contribution in [1.82, 2.24) is 0 Å². The quantitative estimate of drug-likeness (QED) is 0.0733. The third-order valence-electron chi connectivity index (χ3n) is 8.63. The molecule has 0 atom stereocenters. The molecule has 0 radical (unpaired) electrons. The van der Waals surface area contributed by atoms with E-state index >= 15 is 0 Å². The van der Waals surface area contributed by atoms with Crippen LogP contribution in [0.15, 0.2) is 0 Å². The summed E-state index contributed by atoms with van der Waals surface area (Å²) in [5.41, 5.74) is 3.69. The second kappa shape index (κ2) is 20.3. The number of hydrogen-bond donors (Lipinski definition) is 0. The fraction of sp³-hybridized carbons (Fsp3) is 0.833. The van der Waals surface area contributed by atoms with Gasteiger partial charge in [-0.1, -0.05) is 26.7 Å². The Balaban J connectivity index is 1.98. The van der Waals surface area contributed by atoms with Gasteiger partial charge in [0, 0.05) is 0 Å². The van der Waals surface area contributed by atoms with Crippen molar-refractivity contribution in [3.8, 4) is 0 Å². The molecule has 2 aromatic rings. The average molecular weight is 802 g/mol. The van der Waals surface area contributed by atoms with Crippen molar-refractivity contribution in [2.75, 3.05) is 0 Å². The van der Waals surface area contributed by atoms with Crippen molar-refractivity contribution in [2.24, 2.45) is 0 Å². The molecule has 0 N–H and O–H groups in total. The van der Waals surface area contributed by atoms with Gasteiger partial charge in [0.05, 0.1) is 0 Å². The fourth-order valence-electron chi connectivity index (χ4n) is 6.27. The van der Waals surface area contributed by atoms with Crippen LogP contribution in [0.25, 0.3) is 9.40 Å². The van der Waals surface area contributed by atoms with E-state index in [9.17, 15) is 0 Å². The molecule has 0 aromatic carbocycles. The first kappa shape index (κ1) is 37.4. The first-order valence-electron chi connectivity index (χ1n) is 17.7. The van der Waals surface area contributed by atoms with Crippen LogP contribution in [0.5, 0.6) is 0 Å². The van der Waals surface area contributed by atoms with E-state index in [0.29, 0.717) is 0 Å². The van der Waals surface area contributed by atoms with Gasteiger partial charge in [-0.05, 0) is 0 Å². The number of fused-ring (bicyclic) bond motifs is 1. The fourth-order valence-corrected chi connectivity index (χ4v) is 23.5. The van der Waals surface area contributed by atoms with Crippen LogP contribution < -0.4 is 5.79 Å².